The second-order valence-corrected chi connectivity index (χ2v) is 3.66. The summed E-state index contributed by atoms with van der Waals surface area (Å²) in [6.45, 7) is 0. The predicted molar refractivity (Wildman–Crippen MR) is 59.0 cm³/mol. The average molecular weight is 221 g/mol. The smallest absolute Gasteiger partial charge is 0.151 e. The molecule has 0 spiro atoms. The van der Waals surface area contributed by atoms with Crippen molar-refractivity contribution in [2.45, 2.75) is 0 Å². The highest BCUT2D eigenvalue weighted by molar-refractivity contribution is 6.33. The average Bonchev–Trinajstić information content (AvgIpc) is 2.66. The van der Waals surface area contributed by atoms with E-state index in [1.165, 1.54) is 0 Å². The van der Waals surface area contributed by atoms with Gasteiger partial charge < -0.3 is 0 Å². The van der Waals surface area contributed by atoms with Gasteiger partial charge in [-0.25, -0.2) is 0 Å². The summed E-state index contributed by atoms with van der Waals surface area (Å²) in [7, 11) is 1.85. The minimum Gasteiger partial charge on any atom is -0.298 e. The van der Waals surface area contributed by atoms with E-state index in [9.17, 15) is 4.79 Å². The monoisotopic (exact) mass is 220 g/mol. The molecule has 0 unspecified atom stereocenters. The van der Waals surface area contributed by atoms with E-state index in [2.05, 4.69) is 5.10 Å². The molecule has 0 N–H and O–H groups in total. The second kappa shape index (κ2) is 3.87. The van der Waals surface area contributed by atoms with Gasteiger partial charge in [0.15, 0.2) is 6.29 Å². The maximum atomic E-state index is 10.7. The summed E-state index contributed by atoms with van der Waals surface area (Å²) in [5.41, 5.74) is 2.41. The molecular weight excluding hydrogens is 212 g/mol. The molecule has 0 fully saturated rings. The molecule has 4 heteroatoms. The van der Waals surface area contributed by atoms with Crippen LogP contribution in [0.5, 0.6) is 0 Å². The number of hydrogen-bond donors (Lipinski definition) is 0. The predicted octanol–water partition coefficient (Wildman–Crippen LogP) is 2.55. The quantitative estimate of drug-likeness (QED) is 0.729. The molecule has 15 heavy (non-hydrogen) atoms. The molecule has 0 saturated carbocycles. The summed E-state index contributed by atoms with van der Waals surface area (Å²) >= 11 is 5.84. The number of benzene rings is 1. The van der Waals surface area contributed by atoms with Crippen molar-refractivity contribution in [3.05, 3.63) is 41.2 Å². The van der Waals surface area contributed by atoms with Crippen molar-refractivity contribution in [2.24, 2.45) is 7.05 Å². The van der Waals surface area contributed by atoms with E-state index >= 15 is 0 Å². The number of aldehydes is 1. The Labute approximate surface area is 92.3 Å². The fourth-order valence-electron chi connectivity index (χ4n) is 1.38. The molecule has 0 bridgehead atoms. The molecule has 0 radical (unpaired) electrons. The summed E-state index contributed by atoms with van der Waals surface area (Å²) in [5, 5.41) is 4.54. The Balaban J connectivity index is 2.50. The highest BCUT2D eigenvalue weighted by Crippen LogP contribution is 2.23. The van der Waals surface area contributed by atoms with Crippen LogP contribution in [0.25, 0.3) is 11.1 Å². The lowest BCUT2D eigenvalue weighted by atomic mass is 10.1. The van der Waals surface area contributed by atoms with Crippen LogP contribution in [-0.4, -0.2) is 16.1 Å². The van der Waals surface area contributed by atoms with E-state index in [1.807, 2.05) is 19.3 Å². The number of nitrogens with zero attached hydrogens (tertiary/aromatic N) is 2. The summed E-state index contributed by atoms with van der Waals surface area (Å²) in [6.07, 6.45) is 4.39. The van der Waals surface area contributed by atoms with E-state index in [1.54, 1.807) is 23.0 Å². The molecule has 2 rings (SSSR count). The zero-order chi connectivity index (χ0) is 10.8. The first kappa shape index (κ1) is 9.93. The third-order valence-corrected chi connectivity index (χ3v) is 2.51. The van der Waals surface area contributed by atoms with Gasteiger partial charge in [-0.3, -0.25) is 9.48 Å². The maximum Gasteiger partial charge on any atom is 0.151 e. The summed E-state index contributed by atoms with van der Waals surface area (Å²) in [4.78, 5) is 10.7. The topological polar surface area (TPSA) is 34.9 Å². The molecule has 2 aromatic rings. The first-order chi connectivity index (χ1) is 7.20. The number of hydrogen-bond acceptors (Lipinski definition) is 2. The van der Waals surface area contributed by atoms with Crippen LogP contribution in [0.3, 0.4) is 0 Å². The van der Waals surface area contributed by atoms with Crippen LogP contribution in [-0.2, 0) is 7.05 Å². The van der Waals surface area contributed by atoms with Crippen LogP contribution < -0.4 is 0 Å². The lowest BCUT2D eigenvalue weighted by Crippen LogP contribution is -1.85. The lowest BCUT2D eigenvalue weighted by molar-refractivity contribution is 0.112. The van der Waals surface area contributed by atoms with Gasteiger partial charge in [0.1, 0.15) is 0 Å². The number of carbonyl (C=O) groups excluding carboxylic acids is 1. The molecule has 0 aliphatic carbocycles. The van der Waals surface area contributed by atoms with Crippen molar-refractivity contribution in [3.8, 4) is 11.1 Å². The van der Waals surface area contributed by atoms with Crippen molar-refractivity contribution in [3.63, 3.8) is 0 Å². The van der Waals surface area contributed by atoms with Crippen LogP contribution in [0.15, 0.2) is 30.6 Å². The van der Waals surface area contributed by atoms with Crippen molar-refractivity contribution in [2.75, 3.05) is 0 Å². The fourth-order valence-corrected chi connectivity index (χ4v) is 1.55. The summed E-state index contributed by atoms with van der Waals surface area (Å²) < 4.78 is 1.71. The Kier molecular flexibility index (Phi) is 2.56. The van der Waals surface area contributed by atoms with Gasteiger partial charge in [0.2, 0.25) is 0 Å². The highest BCUT2D eigenvalue weighted by atomic mass is 35.5. The van der Waals surface area contributed by atoms with Gasteiger partial charge in [0.25, 0.3) is 0 Å². The van der Waals surface area contributed by atoms with Crippen molar-refractivity contribution in [1.29, 1.82) is 0 Å². The first-order valence-corrected chi connectivity index (χ1v) is 4.82. The maximum absolute atomic E-state index is 10.7. The lowest BCUT2D eigenvalue weighted by Gasteiger charge is -2.00. The minimum atomic E-state index is 0.470. The largest absolute Gasteiger partial charge is 0.298 e. The minimum absolute atomic E-state index is 0.470. The van der Waals surface area contributed by atoms with Gasteiger partial charge in [0.05, 0.1) is 11.2 Å². The first-order valence-electron chi connectivity index (χ1n) is 4.44. The van der Waals surface area contributed by atoms with E-state index < -0.39 is 0 Å². The zero-order valence-corrected chi connectivity index (χ0v) is 8.90. The second-order valence-electron chi connectivity index (χ2n) is 3.26. The molecule has 0 aliphatic rings. The van der Waals surface area contributed by atoms with Gasteiger partial charge in [0, 0.05) is 24.4 Å². The number of rotatable bonds is 2. The summed E-state index contributed by atoms with van der Waals surface area (Å²) in [5.74, 6) is 0. The van der Waals surface area contributed by atoms with Crippen molar-refractivity contribution in [1.82, 2.24) is 9.78 Å². The number of aryl methyl sites for hydroxylation is 1. The molecule has 0 saturated heterocycles. The third-order valence-electron chi connectivity index (χ3n) is 2.16. The SMILES string of the molecule is Cn1cc(-c2ccc(Cl)c(C=O)c2)cn1. The van der Waals surface area contributed by atoms with Crippen LogP contribution in [0.4, 0.5) is 0 Å². The van der Waals surface area contributed by atoms with Crippen LogP contribution in [0.1, 0.15) is 10.4 Å². The van der Waals surface area contributed by atoms with Gasteiger partial charge in [-0.05, 0) is 17.7 Å². The van der Waals surface area contributed by atoms with Gasteiger partial charge in [-0.1, -0.05) is 17.7 Å². The normalized spacial score (nSPS) is 10.3. The van der Waals surface area contributed by atoms with Crippen LogP contribution in [0.2, 0.25) is 5.02 Å². The van der Waals surface area contributed by atoms with E-state index in [0.717, 1.165) is 17.4 Å². The van der Waals surface area contributed by atoms with E-state index in [4.69, 9.17) is 11.6 Å². The Morgan fingerprint density at radius 3 is 2.80 bits per heavy atom. The van der Waals surface area contributed by atoms with Gasteiger partial charge in [-0.15, -0.1) is 0 Å². The summed E-state index contributed by atoms with van der Waals surface area (Å²) in [6, 6.07) is 5.34. The Morgan fingerprint density at radius 2 is 2.20 bits per heavy atom. The van der Waals surface area contributed by atoms with Gasteiger partial charge in [-0.2, -0.15) is 5.10 Å². The van der Waals surface area contributed by atoms with Crippen molar-refractivity contribution >= 4 is 17.9 Å². The molecule has 0 amide bonds. The molecular formula is C11H9ClN2O. The third kappa shape index (κ3) is 1.92. The number of halogens is 1. The number of carbonyl (C=O) groups is 1. The molecule has 1 aromatic carbocycles. The zero-order valence-electron chi connectivity index (χ0n) is 8.14. The molecule has 76 valence electrons. The van der Waals surface area contributed by atoms with Crippen LogP contribution in [0, 0.1) is 0 Å². The Hall–Kier alpha value is -1.61. The fraction of sp³-hybridized carbons (Fsp3) is 0.0909. The molecule has 1 aromatic heterocycles. The number of aromatic nitrogens is 2. The Bertz CT molecular complexity index is 505. The molecule has 3 nitrogen and oxygen atoms in total. The van der Waals surface area contributed by atoms with Gasteiger partial charge >= 0.3 is 0 Å². The molecule has 1 heterocycles. The van der Waals surface area contributed by atoms with Crippen LogP contribution >= 0.6 is 11.6 Å². The van der Waals surface area contributed by atoms with E-state index in [-0.39, 0.29) is 0 Å². The standard InChI is InChI=1S/C11H9ClN2O/c1-14-6-10(5-13-14)8-2-3-11(12)9(4-8)7-15/h2-7H,1H3. The van der Waals surface area contributed by atoms with E-state index in [0.29, 0.717) is 10.6 Å². The van der Waals surface area contributed by atoms with Crippen molar-refractivity contribution < 1.29 is 4.79 Å². The highest BCUT2D eigenvalue weighted by Gasteiger charge is 2.04. The Morgan fingerprint density at radius 1 is 1.40 bits per heavy atom. The molecule has 0 aliphatic heterocycles. The molecule has 0 atom stereocenters.